The molecule has 2 aromatic heterocycles. The molecular formula is C16H16N4O. The predicted octanol–water partition coefficient (Wildman–Crippen LogP) is 3.35. The van der Waals surface area contributed by atoms with Gasteiger partial charge in [-0.1, -0.05) is 12.1 Å². The summed E-state index contributed by atoms with van der Waals surface area (Å²) in [5.41, 5.74) is 3.34. The molecule has 4 rings (SSSR count). The maximum Gasteiger partial charge on any atom is 0.138 e. The Kier molecular flexibility index (Phi) is 2.96. The van der Waals surface area contributed by atoms with Gasteiger partial charge >= 0.3 is 0 Å². The zero-order valence-electron chi connectivity index (χ0n) is 11.6. The van der Waals surface area contributed by atoms with Crippen LogP contribution in [0.3, 0.4) is 0 Å². The van der Waals surface area contributed by atoms with Crippen LogP contribution < -0.4 is 5.32 Å². The van der Waals surface area contributed by atoms with Gasteiger partial charge in [-0.25, -0.2) is 9.67 Å². The first-order chi connectivity index (χ1) is 10.4. The number of furan rings is 1. The lowest BCUT2D eigenvalue weighted by molar-refractivity contribution is 0.461. The van der Waals surface area contributed by atoms with Crippen LogP contribution in [0.15, 0.2) is 53.7 Å². The molecule has 0 radical (unpaired) electrons. The van der Waals surface area contributed by atoms with E-state index in [1.807, 2.05) is 18.2 Å². The molecule has 0 aliphatic heterocycles. The highest BCUT2D eigenvalue weighted by atomic mass is 16.3. The second-order valence-corrected chi connectivity index (χ2v) is 5.25. The molecule has 1 aliphatic rings. The minimum absolute atomic E-state index is 0.289. The number of aromatic nitrogens is 3. The molecule has 0 saturated carbocycles. The Morgan fingerprint density at radius 3 is 3.10 bits per heavy atom. The first-order valence-corrected chi connectivity index (χ1v) is 7.18. The van der Waals surface area contributed by atoms with Crippen LogP contribution >= 0.6 is 0 Å². The number of benzene rings is 1. The SMILES string of the molecule is c1ccc(-n2cncn2)c(NC2CCCc3occc32)c1. The van der Waals surface area contributed by atoms with Crippen molar-refractivity contribution in [2.24, 2.45) is 0 Å². The van der Waals surface area contributed by atoms with Crippen LogP contribution in [0.25, 0.3) is 5.69 Å². The maximum atomic E-state index is 5.56. The van der Waals surface area contributed by atoms with Gasteiger partial charge in [-0.2, -0.15) is 5.10 Å². The number of fused-ring (bicyclic) bond motifs is 1. The lowest BCUT2D eigenvalue weighted by Gasteiger charge is -2.24. The standard InChI is InChI=1S/C16H16N4O/c1-2-6-15(20-11-17-10-18-20)14(4-1)19-13-5-3-7-16-12(13)8-9-21-16/h1-2,4,6,8-11,13,19H,3,5,7H2. The van der Waals surface area contributed by atoms with Gasteiger partial charge in [0.1, 0.15) is 18.4 Å². The summed E-state index contributed by atoms with van der Waals surface area (Å²) in [4.78, 5) is 4.02. The normalized spacial score (nSPS) is 17.4. The molecule has 2 heterocycles. The zero-order chi connectivity index (χ0) is 14.1. The molecule has 0 bridgehead atoms. The van der Waals surface area contributed by atoms with Crippen molar-refractivity contribution in [3.63, 3.8) is 0 Å². The van der Waals surface area contributed by atoms with Gasteiger partial charge in [-0.15, -0.1) is 0 Å². The lowest BCUT2D eigenvalue weighted by atomic mass is 9.93. The van der Waals surface area contributed by atoms with Crippen molar-refractivity contribution in [3.8, 4) is 5.69 Å². The molecule has 1 unspecified atom stereocenters. The summed E-state index contributed by atoms with van der Waals surface area (Å²) in [5, 5.41) is 7.85. The van der Waals surface area contributed by atoms with Crippen LogP contribution in [-0.4, -0.2) is 14.8 Å². The quantitative estimate of drug-likeness (QED) is 0.799. The fourth-order valence-corrected chi connectivity index (χ4v) is 2.95. The second kappa shape index (κ2) is 5.09. The summed E-state index contributed by atoms with van der Waals surface area (Å²) >= 11 is 0. The van der Waals surface area contributed by atoms with E-state index in [-0.39, 0.29) is 6.04 Å². The molecule has 106 valence electrons. The van der Waals surface area contributed by atoms with Crippen LogP contribution in [0.1, 0.15) is 30.2 Å². The van der Waals surface area contributed by atoms with Crippen molar-refractivity contribution in [1.82, 2.24) is 14.8 Å². The Hall–Kier alpha value is -2.56. The second-order valence-electron chi connectivity index (χ2n) is 5.25. The van der Waals surface area contributed by atoms with Crippen LogP contribution in [0, 0.1) is 0 Å². The summed E-state index contributed by atoms with van der Waals surface area (Å²) < 4.78 is 7.34. The van der Waals surface area contributed by atoms with Crippen molar-refractivity contribution >= 4 is 5.69 Å². The van der Waals surface area contributed by atoms with Crippen molar-refractivity contribution < 1.29 is 4.42 Å². The third-order valence-corrected chi connectivity index (χ3v) is 3.95. The van der Waals surface area contributed by atoms with E-state index in [0.717, 1.165) is 36.4 Å². The fraction of sp³-hybridized carbons (Fsp3) is 0.250. The van der Waals surface area contributed by atoms with E-state index in [9.17, 15) is 0 Å². The number of para-hydroxylation sites is 2. The molecule has 0 fully saturated rings. The summed E-state index contributed by atoms with van der Waals surface area (Å²) in [5.74, 6) is 1.11. The van der Waals surface area contributed by atoms with Gasteiger partial charge in [0.05, 0.1) is 23.7 Å². The average Bonchev–Trinajstić information content (AvgIpc) is 3.20. The molecule has 1 N–H and O–H groups in total. The van der Waals surface area contributed by atoms with Crippen molar-refractivity contribution in [2.75, 3.05) is 5.32 Å². The van der Waals surface area contributed by atoms with Gasteiger partial charge in [0.2, 0.25) is 0 Å². The summed E-state index contributed by atoms with van der Waals surface area (Å²) in [7, 11) is 0. The maximum absolute atomic E-state index is 5.56. The molecule has 5 nitrogen and oxygen atoms in total. The first-order valence-electron chi connectivity index (χ1n) is 7.18. The van der Waals surface area contributed by atoms with E-state index in [0.29, 0.717) is 0 Å². The number of hydrogen-bond donors (Lipinski definition) is 1. The third-order valence-electron chi connectivity index (χ3n) is 3.95. The van der Waals surface area contributed by atoms with Crippen molar-refractivity contribution in [3.05, 3.63) is 60.6 Å². The van der Waals surface area contributed by atoms with Crippen molar-refractivity contribution in [1.29, 1.82) is 0 Å². The Morgan fingerprint density at radius 1 is 1.24 bits per heavy atom. The summed E-state index contributed by atoms with van der Waals surface area (Å²) in [6, 6.07) is 10.5. The number of nitrogens with one attached hydrogen (secondary N) is 1. The molecule has 0 amide bonds. The highest BCUT2D eigenvalue weighted by Crippen LogP contribution is 2.34. The van der Waals surface area contributed by atoms with Crippen LogP contribution in [-0.2, 0) is 6.42 Å². The topological polar surface area (TPSA) is 55.9 Å². The first kappa shape index (κ1) is 12.2. The Morgan fingerprint density at radius 2 is 2.19 bits per heavy atom. The molecule has 21 heavy (non-hydrogen) atoms. The number of rotatable bonds is 3. The molecular weight excluding hydrogens is 264 g/mol. The largest absolute Gasteiger partial charge is 0.469 e. The van der Waals surface area contributed by atoms with E-state index in [2.05, 4.69) is 27.5 Å². The Balaban J connectivity index is 1.68. The number of hydrogen-bond acceptors (Lipinski definition) is 4. The zero-order valence-corrected chi connectivity index (χ0v) is 11.6. The minimum atomic E-state index is 0.289. The Labute approximate surface area is 122 Å². The van der Waals surface area contributed by atoms with E-state index in [4.69, 9.17) is 4.42 Å². The molecule has 5 heteroatoms. The molecule has 0 spiro atoms. The van der Waals surface area contributed by atoms with E-state index in [1.165, 1.54) is 5.56 Å². The number of nitrogens with zero attached hydrogens (tertiary/aromatic N) is 3. The van der Waals surface area contributed by atoms with Gasteiger partial charge in [0.25, 0.3) is 0 Å². The molecule has 1 aliphatic carbocycles. The third kappa shape index (κ3) is 2.20. The van der Waals surface area contributed by atoms with Crippen LogP contribution in [0.2, 0.25) is 0 Å². The smallest absolute Gasteiger partial charge is 0.138 e. The van der Waals surface area contributed by atoms with Gasteiger partial charge in [-0.05, 0) is 31.0 Å². The minimum Gasteiger partial charge on any atom is -0.469 e. The highest BCUT2D eigenvalue weighted by molar-refractivity contribution is 5.61. The van der Waals surface area contributed by atoms with E-state index < -0.39 is 0 Å². The van der Waals surface area contributed by atoms with Gasteiger partial charge in [-0.3, -0.25) is 0 Å². The van der Waals surface area contributed by atoms with E-state index in [1.54, 1.807) is 23.6 Å². The molecule has 1 atom stereocenters. The van der Waals surface area contributed by atoms with Crippen LogP contribution in [0.4, 0.5) is 5.69 Å². The monoisotopic (exact) mass is 280 g/mol. The average molecular weight is 280 g/mol. The predicted molar refractivity (Wildman–Crippen MR) is 79.4 cm³/mol. The molecule has 0 saturated heterocycles. The fourth-order valence-electron chi connectivity index (χ4n) is 2.95. The number of anilines is 1. The Bertz CT molecular complexity index is 732. The van der Waals surface area contributed by atoms with Gasteiger partial charge in [0.15, 0.2) is 0 Å². The molecule has 3 aromatic rings. The van der Waals surface area contributed by atoms with Crippen LogP contribution in [0.5, 0.6) is 0 Å². The highest BCUT2D eigenvalue weighted by Gasteiger charge is 2.23. The lowest BCUT2D eigenvalue weighted by Crippen LogP contribution is -2.17. The summed E-state index contributed by atoms with van der Waals surface area (Å²) in [6.07, 6.45) is 8.33. The molecule has 1 aromatic carbocycles. The van der Waals surface area contributed by atoms with E-state index >= 15 is 0 Å². The van der Waals surface area contributed by atoms with Crippen molar-refractivity contribution in [2.45, 2.75) is 25.3 Å². The van der Waals surface area contributed by atoms with Gasteiger partial charge in [0, 0.05) is 12.0 Å². The number of aryl methyl sites for hydroxylation is 1. The summed E-state index contributed by atoms with van der Waals surface area (Å²) in [6.45, 7) is 0. The van der Waals surface area contributed by atoms with Gasteiger partial charge < -0.3 is 9.73 Å².